The van der Waals surface area contributed by atoms with Gasteiger partial charge in [0.2, 0.25) is 5.91 Å². The predicted molar refractivity (Wildman–Crippen MR) is 62.9 cm³/mol. The van der Waals surface area contributed by atoms with Crippen molar-refractivity contribution < 1.29 is 14.7 Å². The van der Waals surface area contributed by atoms with Gasteiger partial charge in [0, 0.05) is 10.9 Å². The van der Waals surface area contributed by atoms with Gasteiger partial charge in [-0.3, -0.25) is 9.59 Å². The van der Waals surface area contributed by atoms with Crippen LogP contribution >= 0.6 is 11.6 Å². The molecule has 1 aromatic rings. The van der Waals surface area contributed by atoms with E-state index in [4.69, 9.17) is 16.7 Å². The molecule has 0 aliphatic heterocycles. The van der Waals surface area contributed by atoms with Gasteiger partial charge in [-0.2, -0.15) is 0 Å². The fraction of sp³-hybridized carbons (Fsp3) is 0.333. The highest BCUT2D eigenvalue weighted by Crippen LogP contribution is 2.49. The molecule has 4 nitrogen and oxygen atoms in total. The molecule has 0 aromatic heterocycles. The van der Waals surface area contributed by atoms with Gasteiger partial charge in [-0.1, -0.05) is 29.8 Å². The lowest BCUT2D eigenvalue weighted by atomic mass is 10.1. The molecular formula is C12H12ClNO3. The summed E-state index contributed by atoms with van der Waals surface area (Å²) in [6.07, 6.45) is 0.731. The first-order valence-electron chi connectivity index (χ1n) is 5.33. The number of halogens is 1. The Morgan fingerprint density at radius 2 is 2.12 bits per heavy atom. The van der Waals surface area contributed by atoms with E-state index in [1.807, 2.05) is 18.2 Å². The second kappa shape index (κ2) is 4.75. The highest BCUT2D eigenvalue weighted by Gasteiger charge is 2.44. The summed E-state index contributed by atoms with van der Waals surface area (Å²) >= 11 is 6.03. The van der Waals surface area contributed by atoms with Gasteiger partial charge >= 0.3 is 5.97 Å². The molecule has 0 saturated heterocycles. The Balaban J connectivity index is 1.94. The molecular weight excluding hydrogens is 242 g/mol. The molecule has 0 bridgehead atoms. The van der Waals surface area contributed by atoms with Crippen molar-refractivity contribution in [3.05, 3.63) is 34.9 Å². The maximum atomic E-state index is 11.6. The second-order valence-electron chi connectivity index (χ2n) is 4.08. The zero-order valence-electron chi connectivity index (χ0n) is 9.02. The molecule has 17 heavy (non-hydrogen) atoms. The first kappa shape index (κ1) is 11.9. The van der Waals surface area contributed by atoms with Crippen molar-refractivity contribution in [3.8, 4) is 0 Å². The Morgan fingerprint density at radius 3 is 2.76 bits per heavy atom. The molecule has 1 amide bonds. The van der Waals surface area contributed by atoms with Crippen molar-refractivity contribution in [2.45, 2.75) is 12.3 Å². The summed E-state index contributed by atoms with van der Waals surface area (Å²) in [5, 5.41) is 11.5. The number of amides is 1. The summed E-state index contributed by atoms with van der Waals surface area (Å²) in [5.74, 6) is -1.27. The highest BCUT2D eigenvalue weighted by molar-refractivity contribution is 6.31. The van der Waals surface area contributed by atoms with Crippen LogP contribution in [0.2, 0.25) is 5.02 Å². The third kappa shape index (κ3) is 2.77. The first-order chi connectivity index (χ1) is 8.09. The molecule has 1 aliphatic carbocycles. The molecule has 1 aromatic carbocycles. The highest BCUT2D eigenvalue weighted by atomic mass is 35.5. The SMILES string of the molecule is O=C(O)CNC(=O)[C@@H]1C[C@H]1c1ccccc1Cl. The maximum Gasteiger partial charge on any atom is 0.322 e. The largest absolute Gasteiger partial charge is 0.480 e. The molecule has 1 fully saturated rings. The lowest BCUT2D eigenvalue weighted by molar-refractivity contribution is -0.138. The van der Waals surface area contributed by atoms with E-state index in [9.17, 15) is 9.59 Å². The maximum absolute atomic E-state index is 11.6. The number of carboxylic acid groups (broad SMARTS) is 1. The van der Waals surface area contributed by atoms with Crippen LogP contribution in [0.25, 0.3) is 0 Å². The van der Waals surface area contributed by atoms with Crippen LogP contribution in [0.5, 0.6) is 0 Å². The van der Waals surface area contributed by atoms with Crippen molar-refractivity contribution in [1.82, 2.24) is 5.32 Å². The second-order valence-corrected chi connectivity index (χ2v) is 4.49. The lowest BCUT2D eigenvalue weighted by Gasteiger charge is -2.03. The predicted octanol–water partition coefficient (Wildman–Crippen LogP) is 1.64. The van der Waals surface area contributed by atoms with E-state index in [1.165, 1.54) is 0 Å². The van der Waals surface area contributed by atoms with E-state index in [0.717, 1.165) is 12.0 Å². The minimum atomic E-state index is -1.03. The summed E-state index contributed by atoms with van der Waals surface area (Å²) in [6, 6.07) is 7.42. The monoisotopic (exact) mass is 253 g/mol. The van der Waals surface area contributed by atoms with Gasteiger partial charge < -0.3 is 10.4 Å². The third-order valence-corrected chi connectivity index (χ3v) is 3.19. The van der Waals surface area contributed by atoms with Gasteiger partial charge in [-0.15, -0.1) is 0 Å². The molecule has 0 heterocycles. The Kier molecular flexibility index (Phi) is 3.33. The Hall–Kier alpha value is -1.55. The van der Waals surface area contributed by atoms with Crippen LogP contribution in [0, 0.1) is 5.92 Å². The van der Waals surface area contributed by atoms with Crippen LogP contribution in [0.15, 0.2) is 24.3 Å². The van der Waals surface area contributed by atoms with Gasteiger partial charge in [-0.05, 0) is 24.0 Å². The van der Waals surface area contributed by atoms with Gasteiger partial charge in [0.15, 0.2) is 0 Å². The number of aliphatic carboxylic acids is 1. The third-order valence-electron chi connectivity index (χ3n) is 2.85. The number of rotatable bonds is 4. The van der Waals surface area contributed by atoms with Crippen LogP contribution in [0.3, 0.4) is 0 Å². The summed E-state index contributed by atoms with van der Waals surface area (Å²) in [6.45, 7) is -0.329. The Morgan fingerprint density at radius 1 is 1.41 bits per heavy atom. The van der Waals surface area contributed by atoms with E-state index < -0.39 is 5.97 Å². The minimum absolute atomic E-state index is 0.123. The average Bonchev–Trinajstić information content (AvgIpc) is 3.06. The summed E-state index contributed by atoms with van der Waals surface area (Å²) < 4.78 is 0. The van der Waals surface area contributed by atoms with Gasteiger partial charge in [0.1, 0.15) is 6.54 Å². The van der Waals surface area contributed by atoms with Gasteiger partial charge in [-0.25, -0.2) is 0 Å². The topological polar surface area (TPSA) is 66.4 Å². The number of carbonyl (C=O) groups is 2. The zero-order valence-corrected chi connectivity index (χ0v) is 9.78. The van der Waals surface area contributed by atoms with Gasteiger partial charge in [0.05, 0.1) is 0 Å². The van der Waals surface area contributed by atoms with Crippen LogP contribution < -0.4 is 5.32 Å². The molecule has 1 aliphatic rings. The molecule has 0 spiro atoms. The van der Waals surface area contributed by atoms with Crippen LogP contribution in [0.4, 0.5) is 0 Å². The van der Waals surface area contributed by atoms with Crippen LogP contribution in [0.1, 0.15) is 17.9 Å². The standard InChI is InChI=1S/C12H12ClNO3/c13-10-4-2-1-3-7(10)8-5-9(8)12(17)14-6-11(15)16/h1-4,8-9H,5-6H2,(H,14,17)(H,15,16)/t8-,9+/m0/s1. The first-order valence-corrected chi connectivity index (χ1v) is 5.71. The normalized spacial score (nSPS) is 21.9. The smallest absolute Gasteiger partial charge is 0.322 e. The lowest BCUT2D eigenvalue weighted by Crippen LogP contribution is -2.30. The van der Waals surface area contributed by atoms with Crippen molar-refractivity contribution in [1.29, 1.82) is 0 Å². The Labute approximate surface area is 104 Å². The molecule has 1 saturated carbocycles. The van der Waals surface area contributed by atoms with E-state index in [1.54, 1.807) is 6.07 Å². The van der Waals surface area contributed by atoms with Crippen molar-refractivity contribution in [3.63, 3.8) is 0 Å². The van der Waals surface area contributed by atoms with Crippen LogP contribution in [-0.2, 0) is 9.59 Å². The van der Waals surface area contributed by atoms with Crippen molar-refractivity contribution in [2.24, 2.45) is 5.92 Å². The summed E-state index contributed by atoms with van der Waals surface area (Å²) in [7, 11) is 0. The van der Waals surface area contributed by atoms with E-state index in [-0.39, 0.29) is 24.3 Å². The Bertz CT molecular complexity index is 461. The molecule has 2 rings (SSSR count). The molecule has 0 unspecified atom stereocenters. The number of carbonyl (C=O) groups excluding carboxylic acids is 1. The summed E-state index contributed by atoms with van der Waals surface area (Å²) in [4.78, 5) is 21.9. The molecule has 90 valence electrons. The fourth-order valence-electron chi connectivity index (χ4n) is 1.90. The van der Waals surface area contributed by atoms with E-state index >= 15 is 0 Å². The van der Waals surface area contributed by atoms with E-state index in [0.29, 0.717) is 5.02 Å². The molecule has 5 heteroatoms. The zero-order chi connectivity index (χ0) is 12.4. The molecule has 0 radical (unpaired) electrons. The number of benzene rings is 1. The average molecular weight is 254 g/mol. The van der Waals surface area contributed by atoms with Crippen molar-refractivity contribution >= 4 is 23.5 Å². The van der Waals surface area contributed by atoms with Crippen LogP contribution in [-0.4, -0.2) is 23.5 Å². The molecule has 2 atom stereocenters. The number of carboxylic acids is 1. The quantitative estimate of drug-likeness (QED) is 0.857. The number of nitrogens with one attached hydrogen (secondary N) is 1. The van der Waals surface area contributed by atoms with E-state index in [2.05, 4.69) is 5.32 Å². The number of hydrogen-bond donors (Lipinski definition) is 2. The number of hydrogen-bond acceptors (Lipinski definition) is 2. The summed E-state index contributed by atoms with van der Waals surface area (Å²) in [5.41, 5.74) is 0.963. The fourth-order valence-corrected chi connectivity index (χ4v) is 2.17. The van der Waals surface area contributed by atoms with Gasteiger partial charge in [0.25, 0.3) is 0 Å². The minimum Gasteiger partial charge on any atom is -0.480 e. The van der Waals surface area contributed by atoms with Crippen molar-refractivity contribution in [2.75, 3.05) is 6.54 Å². The molecule has 2 N–H and O–H groups in total.